The lowest BCUT2D eigenvalue weighted by Crippen LogP contribution is -2.29. The maximum atomic E-state index is 13.5. The molecule has 1 heterocycles. The van der Waals surface area contributed by atoms with Crippen LogP contribution in [0, 0.1) is 5.82 Å². The van der Waals surface area contributed by atoms with Crippen LogP contribution in [-0.4, -0.2) is 16.7 Å². The maximum Gasteiger partial charge on any atom is 0.124 e. The van der Waals surface area contributed by atoms with E-state index in [4.69, 9.17) is 10.6 Å². The van der Waals surface area contributed by atoms with Gasteiger partial charge in [0, 0.05) is 5.56 Å². The Hall–Kier alpha value is -1.57. The fourth-order valence-corrected chi connectivity index (χ4v) is 2.93. The van der Waals surface area contributed by atoms with E-state index in [2.05, 4.69) is 15.0 Å². The van der Waals surface area contributed by atoms with Crippen LogP contribution in [0.1, 0.15) is 41.9 Å². The first-order valence-electron chi connectivity index (χ1n) is 6.20. The molecule has 3 N–H and O–H groups in total. The average Bonchev–Trinajstić information content (AvgIpc) is 2.89. The van der Waals surface area contributed by atoms with Crippen LogP contribution in [0.15, 0.2) is 18.2 Å². The number of hydrogen-bond acceptors (Lipinski definition) is 6. The number of nitrogens with zero attached hydrogens (tertiary/aromatic N) is 2. The summed E-state index contributed by atoms with van der Waals surface area (Å²) in [4.78, 5) is 0.867. The van der Waals surface area contributed by atoms with Crippen LogP contribution in [-0.2, 0) is 0 Å². The third-order valence-electron chi connectivity index (χ3n) is 3.02. The topological polar surface area (TPSA) is 73.1 Å². The van der Waals surface area contributed by atoms with Gasteiger partial charge < -0.3 is 4.74 Å². The van der Waals surface area contributed by atoms with Gasteiger partial charge in [-0.25, -0.2) is 9.82 Å². The fourth-order valence-electron chi connectivity index (χ4n) is 2.04. The van der Waals surface area contributed by atoms with E-state index in [9.17, 15) is 4.39 Å². The Morgan fingerprint density at radius 3 is 2.75 bits per heavy atom. The zero-order valence-corrected chi connectivity index (χ0v) is 12.4. The maximum absolute atomic E-state index is 13.5. The molecule has 108 valence electrons. The largest absolute Gasteiger partial charge is 0.496 e. The van der Waals surface area contributed by atoms with E-state index in [1.165, 1.54) is 23.7 Å². The van der Waals surface area contributed by atoms with E-state index in [0.717, 1.165) is 10.6 Å². The van der Waals surface area contributed by atoms with Gasteiger partial charge in [-0.05, 0) is 35.6 Å². The normalized spacial score (nSPS) is 12.7. The molecule has 7 heteroatoms. The van der Waals surface area contributed by atoms with Gasteiger partial charge in [0.25, 0.3) is 0 Å². The van der Waals surface area contributed by atoms with Crippen LogP contribution in [0.4, 0.5) is 4.39 Å². The van der Waals surface area contributed by atoms with Crippen LogP contribution in [0.25, 0.3) is 0 Å². The molecule has 1 aromatic heterocycles. The van der Waals surface area contributed by atoms with Crippen molar-refractivity contribution < 1.29 is 9.13 Å². The zero-order chi connectivity index (χ0) is 14.7. The number of benzene rings is 1. The van der Waals surface area contributed by atoms with E-state index in [0.29, 0.717) is 11.3 Å². The van der Waals surface area contributed by atoms with E-state index in [1.54, 1.807) is 13.2 Å². The minimum Gasteiger partial charge on any atom is -0.496 e. The van der Waals surface area contributed by atoms with E-state index in [-0.39, 0.29) is 11.7 Å². The molecule has 0 saturated carbocycles. The predicted octanol–water partition coefficient (Wildman–Crippen LogP) is 2.36. The molecule has 0 bridgehead atoms. The first kappa shape index (κ1) is 14.8. The Balaban J connectivity index is 2.52. The summed E-state index contributed by atoms with van der Waals surface area (Å²) in [5.74, 6) is 6.09. The Bertz CT molecular complexity index is 588. The molecule has 0 amide bonds. The molecule has 0 radical (unpaired) electrons. The van der Waals surface area contributed by atoms with Crippen LogP contribution >= 0.6 is 11.5 Å². The minimum absolute atomic E-state index is 0.208. The lowest BCUT2D eigenvalue weighted by Gasteiger charge is -2.19. The summed E-state index contributed by atoms with van der Waals surface area (Å²) >= 11 is 1.25. The molecule has 2 aromatic rings. The molecule has 0 saturated heterocycles. The van der Waals surface area contributed by atoms with Gasteiger partial charge in [0.15, 0.2) is 0 Å². The summed E-state index contributed by atoms with van der Waals surface area (Å²) in [6, 6.07) is 3.94. The van der Waals surface area contributed by atoms with E-state index < -0.39 is 6.04 Å². The number of aromatic nitrogens is 2. The molecule has 0 fully saturated rings. The van der Waals surface area contributed by atoms with Crippen LogP contribution in [0.2, 0.25) is 0 Å². The summed E-state index contributed by atoms with van der Waals surface area (Å²) < 4.78 is 22.8. The smallest absolute Gasteiger partial charge is 0.124 e. The highest BCUT2D eigenvalue weighted by Crippen LogP contribution is 2.35. The van der Waals surface area contributed by atoms with Crippen molar-refractivity contribution in [1.82, 2.24) is 15.0 Å². The fraction of sp³-hybridized carbons (Fsp3) is 0.385. The van der Waals surface area contributed by atoms with Crippen molar-refractivity contribution in [2.24, 2.45) is 5.84 Å². The SMILES string of the molecule is COc1ccc(F)cc1C(NN)c1snnc1C(C)C. The Morgan fingerprint density at radius 2 is 2.15 bits per heavy atom. The molecule has 1 atom stereocenters. The monoisotopic (exact) mass is 296 g/mol. The highest BCUT2D eigenvalue weighted by atomic mass is 32.1. The molecule has 20 heavy (non-hydrogen) atoms. The molecule has 0 spiro atoms. The van der Waals surface area contributed by atoms with E-state index >= 15 is 0 Å². The zero-order valence-electron chi connectivity index (χ0n) is 11.6. The quantitative estimate of drug-likeness (QED) is 0.654. The van der Waals surface area contributed by atoms with Crippen molar-refractivity contribution in [1.29, 1.82) is 0 Å². The number of rotatable bonds is 5. The van der Waals surface area contributed by atoms with Crippen molar-refractivity contribution in [3.8, 4) is 5.75 Å². The molecule has 5 nitrogen and oxygen atoms in total. The van der Waals surface area contributed by atoms with Gasteiger partial charge in [-0.2, -0.15) is 0 Å². The number of ether oxygens (including phenoxy) is 1. The third kappa shape index (κ3) is 2.79. The van der Waals surface area contributed by atoms with Gasteiger partial charge in [0.2, 0.25) is 0 Å². The number of methoxy groups -OCH3 is 1. The second-order valence-electron chi connectivity index (χ2n) is 4.66. The molecular weight excluding hydrogens is 279 g/mol. The first-order valence-corrected chi connectivity index (χ1v) is 6.97. The van der Waals surface area contributed by atoms with Gasteiger partial charge in [-0.1, -0.05) is 18.3 Å². The van der Waals surface area contributed by atoms with Crippen molar-refractivity contribution in [2.75, 3.05) is 7.11 Å². The highest BCUT2D eigenvalue weighted by Gasteiger charge is 2.24. The third-order valence-corrected chi connectivity index (χ3v) is 3.82. The number of nitrogens with one attached hydrogen (secondary N) is 1. The lowest BCUT2D eigenvalue weighted by atomic mass is 10.00. The second kappa shape index (κ2) is 6.25. The molecule has 0 aliphatic heterocycles. The summed E-state index contributed by atoms with van der Waals surface area (Å²) in [5, 5.41) is 4.13. The van der Waals surface area contributed by atoms with Gasteiger partial charge in [0.1, 0.15) is 11.6 Å². The molecule has 1 aromatic carbocycles. The number of halogens is 1. The van der Waals surface area contributed by atoms with Crippen LogP contribution in [0.5, 0.6) is 5.75 Å². The van der Waals surface area contributed by atoms with Gasteiger partial charge in [-0.3, -0.25) is 5.84 Å². The van der Waals surface area contributed by atoms with Gasteiger partial charge >= 0.3 is 0 Å². The first-order chi connectivity index (χ1) is 9.58. The van der Waals surface area contributed by atoms with Crippen molar-refractivity contribution in [3.63, 3.8) is 0 Å². The molecule has 2 rings (SSSR count). The van der Waals surface area contributed by atoms with Crippen LogP contribution < -0.4 is 16.0 Å². The highest BCUT2D eigenvalue weighted by molar-refractivity contribution is 7.05. The Morgan fingerprint density at radius 1 is 1.40 bits per heavy atom. The Labute approximate surface area is 121 Å². The summed E-state index contributed by atoms with van der Waals surface area (Å²) in [5.41, 5.74) is 4.18. The summed E-state index contributed by atoms with van der Waals surface area (Å²) in [6.07, 6.45) is 0. The second-order valence-corrected chi connectivity index (χ2v) is 5.45. The lowest BCUT2D eigenvalue weighted by molar-refractivity contribution is 0.403. The molecular formula is C13H17FN4OS. The van der Waals surface area contributed by atoms with E-state index in [1.807, 2.05) is 13.8 Å². The van der Waals surface area contributed by atoms with Crippen molar-refractivity contribution in [3.05, 3.63) is 40.2 Å². The predicted molar refractivity (Wildman–Crippen MR) is 76.1 cm³/mol. The standard InChI is InChI=1S/C13H17FN4OS/c1-7(2)11-13(20-18-17-11)12(16-15)9-6-8(14)4-5-10(9)19-3/h4-7,12,16H,15H2,1-3H3. The van der Waals surface area contributed by atoms with Crippen LogP contribution in [0.3, 0.4) is 0 Å². The summed E-state index contributed by atoms with van der Waals surface area (Å²) in [7, 11) is 1.54. The molecule has 0 aliphatic carbocycles. The number of hydrogen-bond donors (Lipinski definition) is 2. The Kier molecular flexibility index (Phi) is 4.64. The molecule has 0 aliphatic rings. The van der Waals surface area contributed by atoms with Gasteiger partial charge in [-0.15, -0.1) is 5.10 Å². The summed E-state index contributed by atoms with van der Waals surface area (Å²) in [6.45, 7) is 4.05. The number of nitrogens with two attached hydrogens (primary N) is 1. The minimum atomic E-state index is -0.405. The number of hydrazine groups is 1. The van der Waals surface area contributed by atoms with Crippen molar-refractivity contribution >= 4 is 11.5 Å². The van der Waals surface area contributed by atoms with Crippen molar-refractivity contribution in [2.45, 2.75) is 25.8 Å². The molecule has 1 unspecified atom stereocenters. The van der Waals surface area contributed by atoms with Gasteiger partial charge in [0.05, 0.1) is 23.7 Å². The average molecular weight is 296 g/mol.